The maximum absolute atomic E-state index is 13.3. The zero-order chi connectivity index (χ0) is 17.4. The van der Waals surface area contributed by atoms with Crippen LogP contribution in [0, 0.1) is 11.8 Å². The van der Waals surface area contributed by atoms with Crippen molar-refractivity contribution >= 4 is 5.91 Å². The van der Waals surface area contributed by atoms with Gasteiger partial charge in [0.05, 0.1) is 19.3 Å². The minimum atomic E-state index is 0.0502. The topological polar surface area (TPSA) is 44.8 Å². The van der Waals surface area contributed by atoms with Gasteiger partial charge in [0, 0.05) is 26.2 Å². The van der Waals surface area contributed by atoms with Crippen LogP contribution >= 0.6 is 0 Å². The third-order valence-corrected chi connectivity index (χ3v) is 5.80. The molecule has 0 bridgehead atoms. The quantitative estimate of drug-likeness (QED) is 0.734. The number of ether oxygens (including phenoxy) is 1. The van der Waals surface area contributed by atoms with E-state index >= 15 is 0 Å². The second-order valence-electron chi connectivity index (χ2n) is 7.25. The average molecular weight is 340 g/mol. The number of carbonyl (C=O) groups excluding carboxylic acids is 1. The number of carbonyl (C=O) groups is 1. The minimum Gasteiger partial charge on any atom is -0.379 e. The summed E-state index contributed by atoms with van der Waals surface area (Å²) in [5, 5.41) is 3.45. The number of amides is 1. The number of hydrogen-bond acceptors (Lipinski definition) is 4. The van der Waals surface area contributed by atoms with E-state index in [1.54, 1.807) is 0 Å². The first-order valence-corrected chi connectivity index (χ1v) is 10.0. The molecule has 0 aliphatic carbocycles. The fourth-order valence-electron chi connectivity index (χ4n) is 4.14. The molecule has 2 heterocycles. The molecule has 2 aliphatic rings. The normalized spacial score (nSPS) is 22.1. The second-order valence-corrected chi connectivity index (χ2v) is 7.25. The molecule has 1 atom stereocenters. The van der Waals surface area contributed by atoms with Gasteiger partial charge in [0.25, 0.3) is 0 Å². The summed E-state index contributed by atoms with van der Waals surface area (Å²) >= 11 is 0. The molecular formula is C19H37N3O2. The molecule has 0 spiro atoms. The van der Waals surface area contributed by atoms with E-state index in [9.17, 15) is 4.79 Å². The van der Waals surface area contributed by atoms with Gasteiger partial charge in [-0.2, -0.15) is 0 Å². The summed E-state index contributed by atoms with van der Waals surface area (Å²) in [5.41, 5.74) is 0. The molecule has 0 radical (unpaired) electrons. The Morgan fingerprint density at radius 1 is 1.08 bits per heavy atom. The lowest BCUT2D eigenvalue weighted by Crippen LogP contribution is -2.56. The van der Waals surface area contributed by atoms with E-state index in [1.165, 1.54) is 0 Å². The van der Waals surface area contributed by atoms with Crippen LogP contribution in [-0.2, 0) is 9.53 Å². The van der Waals surface area contributed by atoms with Gasteiger partial charge in [0.15, 0.2) is 0 Å². The Morgan fingerprint density at radius 2 is 1.71 bits per heavy atom. The van der Waals surface area contributed by atoms with E-state index in [2.05, 4.69) is 35.9 Å². The maximum atomic E-state index is 13.3. The number of nitrogens with one attached hydrogen (secondary N) is 1. The van der Waals surface area contributed by atoms with Crippen LogP contribution < -0.4 is 5.32 Å². The van der Waals surface area contributed by atoms with Gasteiger partial charge < -0.3 is 15.0 Å². The summed E-state index contributed by atoms with van der Waals surface area (Å²) in [6.07, 6.45) is 4.41. The van der Waals surface area contributed by atoms with E-state index < -0.39 is 0 Å². The molecule has 5 heteroatoms. The van der Waals surface area contributed by atoms with Crippen molar-refractivity contribution in [2.75, 3.05) is 52.5 Å². The summed E-state index contributed by atoms with van der Waals surface area (Å²) in [5.74, 6) is 1.55. The molecule has 2 fully saturated rings. The summed E-state index contributed by atoms with van der Waals surface area (Å²) in [6.45, 7) is 13.9. The van der Waals surface area contributed by atoms with Crippen LogP contribution in [0.4, 0.5) is 0 Å². The monoisotopic (exact) mass is 339 g/mol. The fourth-order valence-corrected chi connectivity index (χ4v) is 4.14. The highest BCUT2D eigenvalue weighted by molar-refractivity contribution is 5.82. The highest BCUT2D eigenvalue weighted by atomic mass is 16.5. The summed E-state index contributed by atoms with van der Waals surface area (Å²) in [7, 11) is 0. The van der Waals surface area contributed by atoms with E-state index in [0.717, 1.165) is 84.1 Å². The Kier molecular flexibility index (Phi) is 8.50. The van der Waals surface area contributed by atoms with Crippen LogP contribution in [-0.4, -0.2) is 74.2 Å². The molecule has 1 N–H and O–H groups in total. The number of piperidine rings is 1. The zero-order valence-corrected chi connectivity index (χ0v) is 15.9. The van der Waals surface area contributed by atoms with Gasteiger partial charge in [0.2, 0.25) is 5.91 Å². The van der Waals surface area contributed by atoms with Crippen molar-refractivity contribution in [1.82, 2.24) is 15.1 Å². The highest BCUT2D eigenvalue weighted by Gasteiger charge is 2.36. The smallest absolute Gasteiger partial charge is 0.240 e. The van der Waals surface area contributed by atoms with Gasteiger partial charge in [-0.15, -0.1) is 0 Å². The van der Waals surface area contributed by atoms with Crippen molar-refractivity contribution in [1.29, 1.82) is 0 Å². The maximum Gasteiger partial charge on any atom is 0.240 e. The Hall–Kier alpha value is -0.650. The SMILES string of the molecule is CCNCC1CCN(C(=O)C(C(CC)CC)N2CCOCC2)CC1. The largest absolute Gasteiger partial charge is 0.379 e. The molecule has 0 aromatic rings. The first-order chi connectivity index (χ1) is 11.7. The van der Waals surface area contributed by atoms with Crippen molar-refractivity contribution in [3.63, 3.8) is 0 Å². The molecule has 0 aromatic heterocycles. The molecular weight excluding hydrogens is 302 g/mol. The van der Waals surface area contributed by atoms with Gasteiger partial charge in [-0.05, 0) is 37.8 Å². The molecule has 2 aliphatic heterocycles. The number of hydrogen-bond donors (Lipinski definition) is 1. The Bertz CT molecular complexity index is 360. The predicted molar refractivity (Wildman–Crippen MR) is 98.1 cm³/mol. The van der Waals surface area contributed by atoms with E-state index in [4.69, 9.17) is 4.74 Å². The lowest BCUT2D eigenvalue weighted by atomic mass is 9.89. The lowest BCUT2D eigenvalue weighted by molar-refractivity contribution is -0.143. The van der Waals surface area contributed by atoms with Crippen molar-refractivity contribution in [3.8, 4) is 0 Å². The van der Waals surface area contributed by atoms with Gasteiger partial charge in [0.1, 0.15) is 0 Å². The van der Waals surface area contributed by atoms with Crippen LogP contribution in [0.1, 0.15) is 46.5 Å². The summed E-state index contributed by atoms with van der Waals surface area (Å²) < 4.78 is 5.50. The predicted octanol–water partition coefficient (Wildman–Crippen LogP) is 1.97. The standard InChI is InChI=1S/C19H37N3O2/c1-4-17(5-2)18(21-11-13-24-14-12-21)19(23)22-9-7-16(8-10-22)15-20-6-3/h16-18,20H,4-15H2,1-3H3. The Morgan fingerprint density at radius 3 is 2.25 bits per heavy atom. The van der Waals surface area contributed by atoms with Crippen molar-refractivity contribution in [3.05, 3.63) is 0 Å². The lowest BCUT2D eigenvalue weighted by Gasteiger charge is -2.42. The number of nitrogens with zero attached hydrogens (tertiary/aromatic N) is 2. The third-order valence-electron chi connectivity index (χ3n) is 5.80. The van der Waals surface area contributed by atoms with Crippen LogP contribution in [0.3, 0.4) is 0 Å². The average Bonchev–Trinajstić information content (AvgIpc) is 2.65. The first-order valence-electron chi connectivity index (χ1n) is 10.0. The highest BCUT2D eigenvalue weighted by Crippen LogP contribution is 2.25. The Labute approximate surface area is 148 Å². The molecule has 0 aromatic carbocycles. The first kappa shape index (κ1) is 19.7. The summed E-state index contributed by atoms with van der Waals surface area (Å²) in [6, 6.07) is 0.0502. The fraction of sp³-hybridized carbons (Fsp3) is 0.947. The van der Waals surface area contributed by atoms with E-state index in [1.807, 2.05) is 0 Å². The van der Waals surface area contributed by atoms with E-state index in [0.29, 0.717) is 11.8 Å². The second kappa shape index (κ2) is 10.4. The number of morpholine rings is 1. The molecule has 5 nitrogen and oxygen atoms in total. The molecule has 1 amide bonds. The molecule has 2 rings (SSSR count). The number of likely N-dealkylation sites (tertiary alicyclic amines) is 1. The molecule has 0 saturated carbocycles. The van der Waals surface area contributed by atoms with Crippen molar-refractivity contribution in [2.24, 2.45) is 11.8 Å². The van der Waals surface area contributed by atoms with Crippen molar-refractivity contribution < 1.29 is 9.53 Å². The zero-order valence-electron chi connectivity index (χ0n) is 15.9. The van der Waals surface area contributed by atoms with Crippen LogP contribution in [0.2, 0.25) is 0 Å². The minimum absolute atomic E-state index is 0.0502. The Balaban J connectivity index is 1.97. The van der Waals surface area contributed by atoms with Crippen LogP contribution in [0.5, 0.6) is 0 Å². The van der Waals surface area contributed by atoms with Gasteiger partial charge in [-0.3, -0.25) is 9.69 Å². The van der Waals surface area contributed by atoms with E-state index in [-0.39, 0.29) is 6.04 Å². The third kappa shape index (κ3) is 5.17. The molecule has 2 saturated heterocycles. The van der Waals surface area contributed by atoms with Crippen LogP contribution in [0.25, 0.3) is 0 Å². The molecule has 140 valence electrons. The van der Waals surface area contributed by atoms with Gasteiger partial charge in [-0.25, -0.2) is 0 Å². The molecule has 1 unspecified atom stereocenters. The number of rotatable bonds is 8. The summed E-state index contributed by atoms with van der Waals surface area (Å²) in [4.78, 5) is 17.8. The van der Waals surface area contributed by atoms with Gasteiger partial charge >= 0.3 is 0 Å². The van der Waals surface area contributed by atoms with Crippen LogP contribution in [0.15, 0.2) is 0 Å². The van der Waals surface area contributed by atoms with Crippen molar-refractivity contribution in [2.45, 2.75) is 52.5 Å². The molecule has 24 heavy (non-hydrogen) atoms. The van der Waals surface area contributed by atoms with Gasteiger partial charge in [-0.1, -0.05) is 33.6 Å².